The van der Waals surface area contributed by atoms with Gasteiger partial charge in [-0.2, -0.15) is 0 Å². The van der Waals surface area contributed by atoms with Crippen LogP contribution < -0.4 is 0 Å². The van der Waals surface area contributed by atoms with Crippen molar-refractivity contribution in [2.45, 2.75) is 32.8 Å². The minimum Gasteiger partial charge on any atom is -0.380 e. The van der Waals surface area contributed by atoms with E-state index in [1.165, 1.54) is 6.07 Å². The first-order chi connectivity index (χ1) is 6.45. The highest BCUT2D eigenvalue weighted by Gasteiger charge is 2.18. The minimum absolute atomic E-state index is 0.141. The van der Waals surface area contributed by atoms with Gasteiger partial charge in [0.05, 0.1) is 6.61 Å². The molecule has 0 bridgehead atoms. The van der Waals surface area contributed by atoms with Crippen molar-refractivity contribution in [1.29, 1.82) is 0 Å². The van der Waals surface area contributed by atoms with Gasteiger partial charge in [-0.25, -0.2) is 4.39 Å². The lowest BCUT2D eigenvalue weighted by atomic mass is 9.86. The summed E-state index contributed by atoms with van der Waals surface area (Å²) in [4.78, 5) is 0. The highest BCUT2D eigenvalue weighted by molar-refractivity contribution is 5.29. The molecule has 1 aromatic carbocycles. The van der Waals surface area contributed by atoms with Gasteiger partial charge in [0.2, 0.25) is 0 Å². The lowest BCUT2D eigenvalue weighted by Crippen LogP contribution is -2.14. The predicted molar refractivity (Wildman–Crippen MR) is 55.8 cm³/mol. The summed E-state index contributed by atoms with van der Waals surface area (Å²) in [7, 11) is 1.64. The van der Waals surface area contributed by atoms with Gasteiger partial charge in [-0.05, 0) is 22.6 Å². The van der Waals surface area contributed by atoms with Gasteiger partial charge >= 0.3 is 0 Å². The maximum Gasteiger partial charge on any atom is 0.126 e. The molecule has 1 rings (SSSR count). The molecule has 0 aliphatic heterocycles. The quantitative estimate of drug-likeness (QED) is 0.705. The van der Waals surface area contributed by atoms with Crippen LogP contribution in [0.1, 0.15) is 31.9 Å². The first-order valence-corrected chi connectivity index (χ1v) is 4.73. The zero-order valence-electron chi connectivity index (χ0n) is 9.23. The molecule has 78 valence electrons. The van der Waals surface area contributed by atoms with E-state index in [1.54, 1.807) is 13.2 Å². The average Bonchev–Trinajstić information content (AvgIpc) is 2.07. The normalized spacial score (nSPS) is 11.8. The van der Waals surface area contributed by atoms with E-state index >= 15 is 0 Å². The summed E-state index contributed by atoms with van der Waals surface area (Å²) < 4.78 is 18.5. The number of methoxy groups -OCH3 is 1. The fourth-order valence-electron chi connectivity index (χ4n) is 1.40. The van der Waals surface area contributed by atoms with Gasteiger partial charge < -0.3 is 4.74 Å². The molecule has 14 heavy (non-hydrogen) atoms. The lowest BCUT2D eigenvalue weighted by molar-refractivity contribution is 0.184. The molecule has 0 fully saturated rings. The molecule has 0 spiro atoms. The van der Waals surface area contributed by atoms with Crippen LogP contribution in [0.4, 0.5) is 4.39 Å². The molecular weight excluding hydrogens is 179 g/mol. The monoisotopic (exact) mass is 196 g/mol. The highest BCUT2D eigenvalue weighted by Crippen LogP contribution is 2.26. The van der Waals surface area contributed by atoms with Crippen molar-refractivity contribution in [2.24, 2.45) is 0 Å². The molecule has 0 aliphatic carbocycles. The Kier molecular flexibility index (Phi) is 3.27. The molecule has 0 saturated carbocycles. The Bertz CT molecular complexity index is 313. The zero-order valence-corrected chi connectivity index (χ0v) is 9.23. The zero-order chi connectivity index (χ0) is 10.8. The van der Waals surface area contributed by atoms with E-state index in [1.807, 2.05) is 26.8 Å². The molecule has 1 aromatic rings. The third-order valence-corrected chi connectivity index (χ3v) is 2.15. The van der Waals surface area contributed by atoms with Crippen LogP contribution in [-0.4, -0.2) is 7.11 Å². The van der Waals surface area contributed by atoms with Crippen molar-refractivity contribution < 1.29 is 9.13 Å². The summed E-state index contributed by atoms with van der Waals surface area (Å²) in [6.45, 7) is 6.54. The molecule has 0 amide bonds. The summed E-state index contributed by atoms with van der Waals surface area (Å²) in [5.41, 5.74) is 1.60. The van der Waals surface area contributed by atoms with Crippen molar-refractivity contribution in [1.82, 2.24) is 0 Å². The summed E-state index contributed by atoms with van der Waals surface area (Å²) in [5, 5.41) is 0. The van der Waals surface area contributed by atoms with E-state index < -0.39 is 0 Å². The molecule has 0 atom stereocenters. The molecular formula is C12H17FO. The SMILES string of the molecule is COCc1ccc(F)c(C(C)(C)C)c1. The largest absolute Gasteiger partial charge is 0.380 e. The fourth-order valence-corrected chi connectivity index (χ4v) is 1.40. The van der Waals surface area contributed by atoms with E-state index in [2.05, 4.69) is 0 Å². The summed E-state index contributed by atoms with van der Waals surface area (Å²) >= 11 is 0. The van der Waals surface area contributed by atoms with Crippen molar-refractivity contribution in [2.75, 3.05) is 7.11 Å². The maximum atomic E-state index is 13.5. The average molecular weight is 196 g/mol. The summed E-state index contributed by atoms with van der Waals surface area (Å²) in [5.74, 6) is -0.141. The van der Waals surface area contributed by atoms with Gasteiger partial charge in [0, 0.05) is 7.11 Å². The summed E-state index contributed by atoms with van der Waals surface area (Å²) in [6, 6.07) is 5.14. The first-order valence-electron chi connectivity index (χ1n) is 4.73. The van der Waals surface area contributed by atoms with Crippen LogP contribution in [-0.2, 0) is 16.8 Å². The smallest absolute Gasteiger partial charge is 0.126 e. The second-order valence-corrected chi connectivity index (χ2v) is 4.50. The van der Waals surface area contributed by atoms with Crippen LogP contribution >= 0.6 is 0 Å². The number of hydrogen-bond acceptors (Lipinski definition) is 1. The Morgan fingerprint density at radius 2 is 1.93 bits per heavy atom. The van der Waals surface area contributed by atoms with E-state index in [9.17, 15) is 4.39 Å². The molecule has 0 N–H and O–H groups in total. The molecule has 1 nitrogen and oxygen atoms in total. The van der Waals surface area contributed by atoms with Gasteiger partial charge in [-0.1, -0.05) is 32.9 Å². The fraction of sp³-hybridized carbons (Fsp3) is 0.500. The number of benzene rings is 1. The topological polar surface area (TPSA) is 9.23 Å². The third-order valence-electron chi connectivity index (χ3n) is 2.15. The second-order valence-electron chi connectivity index (χ2n) is 4.50. The van der Waals surface area contributed by atoms with Gasteiger partial charge in [0.15, 0.2) is 0 Å². The molecule has 0 aliphatic rings. The van der Waals surface area contributed by atoms with Crippen LogP contribution in [0.2, 0.25) is 0 Å². The summed E-state index contributed by atoms with van der Waals surface area (Å²) in [6.07, 6.45) is 0. The third kappa shape index (κ3) is 2.55. The Labute approximate surface area is 84.9 Å². The molecule has 0 unspecified atom stereocenters. The number of hydrogen-bond donors (Lipinski definition) is 0. The van der Waals surface area contributed by atoms with Gasteiger partial charge in [-0.3, -0.25) is 0 Å². The lowest BCUT2D eigenvalue weighted by Gasteiger charge is -2.20. The van der Waals surface area contributed by atoms with Crippen LogP contribution in [0, 0.1) is 5.82 Å². The Morgan fingerprint density at radius 3 is 2.43 bits per heavy atom. The van der Waals surface area contributed by atoms with Crippen molar-refractivity contribution in [3.63, 3.8) is 0 Å². The van der Waals surface area contributed by atoms with Crippen LogP contribution in [0.3, 0.4) is 0 Å². The highest BCUT2D eigenvalue weighted by atomic mass is 19.1. The van der Waals surface area contributed by atoms with Gasteiger partial charge in [0.25, 0.3) is 0 Å². The number of halogens is 1. The standard InChI is InChI=1S/C12H17FO/c1-12(2,3)10-7-9(8-14-4)5-6-11(10)13/h5-7H,8H2,1-4H3. The predicted octanol–water partition coefficient (Wildman–Crippen LogP) is 3.27. The minimum atomic E-state index is -0.159. The van der Waals surface area contributed by atoms with Crippen molar-refractivity contribution in [3.8, 4) is 0 Å². The van der Waals surface area contributed by atoms with Crippen LogP contribution in [0.25, 0.3) is 0 Å². The van der Waals surface area contributed by atoms with Crippen LogP contribution in [0.15, 0.2) is 18.2 Å². The number of ether oxygens (including phenoxy) is 1. The Morgan fingerprint density at radius 1 is 1.29 bits per heavy atom. The molecule has 0 aromatic heterocycles. The Hall–Kier alpha value is -0.890. The van der Waals surface area contributed by atoms with Gasteiger partial charge in [0.1, 0.15) is 5.82 Å². The van der Waals surface area contributed by atoms with Crippen molar-refractivity contribution in [3.05, 3.63) is 35.1 Å². The maximum absolute atomic E-state index is 13.5. The molecule has 0 radical (unpaired) electrons. The van der Waals surface area contributed by atoms with E-state index in [4.69, 9.17) is 4.74 Å². The molecule has 0 heterocycles. The van der Waals surface area contributed by atoms with E-state index in [-0.39, 0.29) is 11.2 Å². The molecule has 0 saturated heterocycles. The Balaban J connectivity index is 3.09. The van der Waals surface area contributed by atoms with Crippen molar-refractivity contribution >= 4 is 0 Å². The first kappa shape index (κ1) is 11.2. The van der Waals surface area contributed by atoms with Gasteiger partial charge in [-0.15, -0.1) is 0 Å². The van der Waals surface area contributed by atoms with E-state index in [0.717, 1.165) is 11.1 Å². The van der Waals surface area contributed by atoms with E-state index in [0.29, 0.717) is 6.61 Å². The number of rotatable bonds is 2. The van der Waals surface area contributed by atoms with Crippen LogP contribution in [0.5, 0.6) is 0 Å². The second kappa shape index (κ2) is 4.09. The molecule has 2 heteroatoms.